The van der Waals surface area contributed by atoms with Gasteiger partial charge in [0.05, 0.1) is 11.2 Å². The highest BCUT2D eigenvalue weighted by Crippen LogP contribution is 2.37. The van der Waals surface area contributed by atoms with E-state index < -0.39 is 0 Å². The van der Waals surface area contributed by atoms with Crippen molar-refractivity contribution in [3.05, 3.63) is 35.6 Å². The molecule has 20 heavy (non-hydrogen) atoms. The Kier molecular flexibility index (Phi) is 4.05. The van der Waals surface area contributed by atoms with Gasteiger partial charge in [0.15, 0.2) is 0 Å². The molecule has 0 spiro atoms. The first-order valence-corrected chi connectivity index (χ1v) is 6.96. The van der Waals surface area contributed by atoms with Crippen molar-refractivity contribution in [1.29, 1.82) is 0 Å². The molecule has 1 aromatic rings. The summed E-state index contributed by atoms with van der Waals surface area (Å²) in [6.07, 6.45) is 5.55. The fraction of sp³-hybridized carbons (Fsp3) is 0.533. The van der Waals surface area contributed by atoms with Crippen molar-refractivity contribution in [1.82, 2.24) is 4.98 Å². The van der Waals surface area contributed by atoms with E-state index in [0.29, 0.717) is 0 Å². The van der Waals surface area contributed by atoms with E-state index in [-0.39, 0.29) is 24.4 Å². The second-order valence-electron chi connectivity index (χ2n) is 6.28. The Morgan fingerprint density at radius 3 is 2.40 bits per heavy atom. The molecular weight excluding hydrogens is 251 g/mol. The van der Waals surface area contributed by atoms with Crippen LogP contribution in [0.1, 0.15) is 51.8 Å². The predicted octanol–water partition coefficient (Wildman–Crippen LogP) is 2.75. The highest BCUT2D eigenvalue weighted by Gasteiger charge is 2.49. The summed E-state index contributed by atoms with van der Waals surface area (Å²) in [5, 5.41) is 0. The maximum absolute atomic E-state index is 5.95. The summed E-state index contributed by atoms with van der Waals surface area (Å²) in [7, 11) is -0.339. The molecule has 4 nitrogen and oxygen atoms in total. The standard InChI is InChI=1S/C15H23BN2O2/c1-11(17)13-10-18-9-7-12(13)6-8-16-19-14(2,3)15(4,5)20-16/h6-11H,17H2,1-5H3/b8-6+/t11-/m1/s1. The van der Waals surface area contributed by atoms with E-state index in [0.717, 1.165) is 11.1 Å². The molecule has 5 heteroatoms. The molecule has 0 radical (unpaired) electrons. The summed E-state index contributed by atoms with van der Waals surface area (Å²) in [5.74, 6) is 1.93. The molecule has 2 rings (SSSR count). The van der Waals surface area contributed by atoms with E-state index in [1.165, 1.54) is 0 Å². The van der Waals surface area contributed by atoms with E-state index in [2.05, 4.69) is 4.98 Å². The van der Waals surface area contributed by atoms with Crippen molar-refractivity contribution in [3.8, 4) is 0 Å². The van der Waals surface area contributed by atoms with Gasteiger partial charge in [0.25, 0.3) is 0 Å². The zero-order chi connectivity index (χ0) is 15.0. The van der Waals surface area contributed by atoms with Crippen molar-refractivity contribution in [2.24, 2.45) is 5.73 Å². The topological polar surface area (TPSA) is 57.4 Å². The molecule has 1 fully saturated rings. The van der Waals surface area contributed by atoms with Crippen LogP contribution in [-0.2, 0) is 9.31 Å². The lowest BCUT2D eigenvalue weighted by atomic mass is 9.88. The minimum Gasteiger partial charge on any atom is -0.400 e. The molecule has 1 atom stereocenters. The molecular formula is C15H23BN2O2. The van der Waals surface area contributed by atoms with Crippen LogP contribution in [0, 0.1) is 0 Å². The number of pyridine rings is 1. The maximum atomic E-state index is 5.95. The average molecular weight is 274 g/mol. The quantitative estimate of drug-likeness (QED) is 0.861. The van der Waals surface area contributed by atoms with Gasteiger partial charge < -0.3 is 15.0 Å². The molecule has 1 saturated heterocycles. The van der Waals surface area contributed by atoms with Crippen molar-refractivity contribution in [2.75, 3.05) is 0 Å². The van der Waals surface area contributed by atoms with Crippen LogP contribution in [0.4, 0.5) is 0 Å². The first-order chi connectivity index (χ1) is 9.23. The van der Waals surface area contributed by atoms with Gasteiger partial charge in [-0.1, -0.05) is 12.1 Å². The van der Waals surface area contributed by atoms with Crippen LogP contribution in [0.2, 0.25) is 0 Å². The fourth-order valence-corrected chi connectivity index (χ4v) is 2.10. The number of aromatic nitrogens is 1. The lowest BCUT2D eigenvalue weighted by molar-refractivity contribution is 0.00578. The summed E-state index contributed by atoms with van der Waals surface area (Å²) in [6, 6.07) is 1.89. The van der Waals surface area contributed by atoms with Gasteiger partial charge in [0.2, 0.25) is 0 Å². The third kappa shape index (κ3) is 2.95. The van der Waals surface area contributed by atoms with Gasteiger partial charge in [-0.25, -0.2) is 0 Å². The molecule has 0 aliphatic carbocycles. The minimum absolute atomic E-state index is 0.0540. The van der Waals surface area contributed by atoms with Gasteiger partial charge in [-0.15, -0.1) is 0 Å². The van der Waals surface area contributed by atoms with Crippen molar-refractivity contribution < 1.29 is 9.31 Å². The molecule has 2 N–H and O–H groups in total. The zero-order valence-corrected chi connectivity index (χ0v) is 12.9. The van der Waals surface area contributed by atoms with Crippen molar-refractivity contribution in [2.45, 2.75) is 51.9 Å². The Labute approximate surface area is 121 Å². The normalized spacial score (nSPS) is 22.4. The Bertz CT molecular complexity index is 496. The average Bonchev–Trinajstić information content (AvgIpc) is 2.55. The molecule has 108 valence electrons. The van der Waals surface area contributed by atoms with Crippen LogP contribution in [0.5, 0.6) is 0 Å². The van der Waals surface area contributed by atoms with Gasteiger partial charge in [0.1, 0.15) is 0 Å². The number of hydrogen-bond donors (Lipinski definition) is 1. The molecule has 1 aromatic heterocycles. The second kappa shape index (κ2) is 5.32. The van der Waals surface area contributed by atoms with Crippen LogP contribution >= 0.6 is 0 Å². The first-order valence-electron chi connectivity index (χ1n) is 6.96. The van der Waals surface area contributed by atoms with Crippen LogP contribution in [0.15, 0.2) is 24.4 Å². The van der Waals surface area contributed by atoms with Gasteiger partial charge in [-0.3, -0.25) is 4.98 Å². The monoisotopic (exact) mass is 274 g/mol. The third-order valence-corrected chi connectivity index (χ3v) is 4.08. The van der Waals surface area contributed by atoms with Gasteiger partial charge >= 0.3 is 7.12 Å². The SMILES string of the molecule is C[C@@H](N)c1cnccc1/C=C/B1OC(C)(C)C(C)(C)O1. The molecule has 0 amide bonds. The van der Waals surface area contributed by atoms with Gasteiger partial charge in [-0.2, -0.15) is 0 Å². The molecule has 1 aliphatic heterocycles. The van der Waals surface area contributed by atoms with E-state index >= 15 is 0 Å². The maximum Gasteiger partial charge on any atom is 0.487 e. The molecule has 1 aliphatic rings. The van der Waals surface area contributed by atoms with Crippen LogP contribution < -0.4 is 5.73 Å². The lowest BCUT2D eigenvalue weighted by Gasteiger charge is -2.32. The van der Waals surface area contributed by atoms with E-state index in [1.54, 1.807) is 12.4 Å². The zero-order valence-electron chi connectivity index (χ0n) is 12.9. The molecule has 0 aromatic carbocycles. The Morgan fingerprint density at radius 2 is 1.85 bits per heavy atom. The largest absolute Gasteiger partial charge is 0.487 e. The van der Waals surface area contributed by atoms with Crippen LogP contribution in [-0.4, -0.2) is 23.3 Å². The number of rotatable bonds is 3. The van der Waals surface area contributed by atoms with Crippen molar-refractivity contribution in [3.63, 3.8) is 0 Å². The second-order valence-corrected chi connectivity index (χ2v) is 6.28. The van der Waals surface area contributed by atoms with Crippen LogP contribution in [0.25, 0.3) is 6.08 Å². The third-order valence-electron chi connectivity index (χ3n) is 4.08. The summed E-state index contributed by atoms with van der Waals surface area (Å²) >= 11 is 0. The molecule has 0 unspecified atom stereocenters. The molecule has 0 bridgehead atoms. The Balaban J connectivity index is 2.16. The summed E-state index contributed by atoms with van der Waals surface area (Å²) < 4.78 is 11.9. The smallest absolute Gasteiger partial charge is 0.400 e. The highest BCUT2D eigenvalue weighted by molar-refractivity contribution is 6.52. The Morgan fingerprint density at radius 1 is 1.25 bits per heavy atom. The molecule has 2 heterocycles. The summed E-state index contributed by atoms with van der Waals surface area (Å²) in [4.78, 5) is 4.12. The number of nitrogens with two attached hydrogens (primary N) is 1. The minimum atomic E-state index is -0.339. The first kappa shape index (κ1) is 15.2. The fourth-order valence-electron chi connectivity index (χ4n) is 2.10. The summed E-state index contributed by atoms with van der Waals surface area (Å²) in [5.41, 5.74) is 7.38. The van der Waals surface area contributed by atoms with Gasteiger partial charge in [-0.05, 0) is 51.8 Å². The number of nitrogens with zero attached hydrogens (tertiary/aromatic N) is 1. The molecule has 0 saturated carbocycles. The lowest BCUT2D eigenvalue weighted by Crippen LogP contribution is -2.41. The summed E-state index contributed by atoms with van der Waals surface area (Å²) in [6.45, 7) is 10.1. The predicted molar refractivity (Wildman–Crippen MR) is 82.0 cm³/mol. The van der Waals surface area contributed by atoms with Crippen LogP contribution in [0.3, 0.4) is 0 Å². The van der Waals surface area contributed by atoms with Gasteiger partial charge in [0, 0.05) is 18.4 Å². The van der Waals surface area contributed by atoms with E-state index in [4.69, 9.17) is 15.0 Å². The highest BCUT2D eigenvalue weighted by atomic mass is 16.7. The Hall–Kier alpha value is -1.17. The van der Waals surface area contributed by atoms with Crippen molar-refractivity contribution >= 4 is 13.2 Å². The van der Waals surface area contributed by atoms with E-state index in [9.17, 15) is 0 Å². The number of hydrogen-bond acceptors (Lipinski definition) is 4. The van der Waals surface area contributed by atoms with E-state index in [1.807, 2.05) is 52.7 Å².